The predicted molar refractivity (Wildman–Crippen MR) is 76.3 cm³/mol. The molecular formula is C16H26N2. The second-order valence-electron chi connectivity index (χ2n) is 6.34. The summed E-state index contributed by atoms with van der Waals surface area (Å²) in [6, 6.07) is 2.21. The summed E-state index contributed by atoms with van der Waals surface area (Å²) in [5.74, 6) is 1.62. The molecule has 2 atom stereocenters. The van der Waals surface area contributed by atoms with Gasteiger partial charge in [-0.3, -0.25) is 4.98 Å². The Hall–Kier alpha value is -0.890. The number of hydrogen-bond acceptors (Lipinski definition) is 2. The van der Waals surface area contributed by atoms with Gasteiger partial charge < -0.3 is 5.73 Å². The first-order valence-corrected chi connectivity index (χ1v) is 7.22. The molecule has 2 N–H and O–H groups in total. The van der Waals surface area contributed by atoms with Crippen LogP contribution in [-0.4, -0.2) is 4.98 Å². The van der Waals surface area contributed by atoms with Crippen LogP contribution in [0.5, 0.6) is 0 Å². The molecule has 2 rings (SSSR count). The maximum Gasteiger partial charge on any atom is 0.0425 e. The standard InChI is InChI=1S/C16H26N2/c1-12(2)14-5-4-7-16(17,8-6-14)15-9-13(3)10-18-11-15/h9-12,14H,4-8,17H2,1-3H3. The molecule has 0 aromatic carbocycles. The van der Waals surface area contributed by atoms with Crippen molar-refractivity contribution in [1.29, 1.82) is 0 Å². The molecule has 1 fully saturated rings. The Bertz CT molecular complexity index is 400. The molecule has 0 amide bonds. The average molecular weight is 246 g/mol. The van der Waals surface area contributed by atoms with E-state index in [4.69, 9.17) is 5.73 Å². The van der Waals surface area contributed by atoms with Gasteiger partial charge in [0, 0.05) is 17.9 Å². The average Bonchev–Trinajstić information content (AvgIpc) is 2.52. The van der Waals surface area contributed by atoms with Gasteiger partial charge in [-0.05, 0) is 49.1 Å². The Kier molecular flexibility index (Phi) is 4.06. The number of rotatable bonds is 2. The monoisotopic (exact) mass is 246 g/mol. The van der Waals surface area contributed by atoms with Crippen LogP contribution in [-0.2, 0) is 5.54 Å². The third kappa shape index (κ3) is 2.92. The smallest absolute Gasteiger partial charge is 0.0425 e. The van der Waals surface area contributed by atoms with Crippen LogP contribution in [0.4, 0.5) is 0 Å². The third-order valence-electron chi connectivity index (χ3n) is 4.55. The highest BCUT2D eigenvalue weighted by molar-refractivity contribution is 5.24. The minimum Gasteiger partial charge on any atom is -0.321 e. The highest BCUT2D eigenvalue weighted by Crippen LogP contribution is 2.38. The molecule has 2 heteroatoms. The van der Waals surface area contributed by atoms with Crippen LogP contribution in [0, 0.1) is 18.8 Å². The molecule has 1 heterocycles. The van der Waals surface area contributed by atoms with Crippen LogP contribution in [0.25, 0.3) is 0 Å². The molecule has 1 aromatic heterocycles. The zero-order chi connectivity index (χ0) is 13.2. The van der Waals surface area contributed by atoms with Gasteiger partial charge in [0.05, 0.1) is 0 Å². The minimum absolute atomic E-state index is 0.150. The molecule has 100 valence electrons. The molecule has 1 saturated carbocycles. The summed E-state index contributed by atoms with van der Waals surface area (Å²) in [5.41, 5.74) is 8.96. The van der Waals surface area contributed by atoms with Crippen LogP contribution in [0.2, 0.25) is 0 Å². The van der Waals surface area contributed by atoms with Gasteiger partial charge in [0.15, 0.2) is 0 Å². The van der Waals surface area contributed by atoms with Gasteiger partial charge in [0.1, 0.15) is 0 Å². The maximum absolute atomic E-state index is 6.67. The summed E-state index contributed by atoms with van der Waals surface area (Å²) < 4.78 is 0. The molecule has 2 unspecified atom stereocenters. The van der Waals surface area contributed by atoms with E-state index in [1.54, 1.807) is 0 Å². The predicted octanol–water partition coefficient (Wildman–Crippen LogP) is 3.78. The molecule has 0 spiro atoms. The van der Waals surface area contributed by atoms with E-state index in [2.05, 4.69) is 31.8 Å². The van der Waals surface area contributed by atoms with Gasteiger partial charge in [-0.2, -0.15) is 0 Å². The van der Waals surface area contributed by atoms with E-state index in [-0.39, 0.29) is 5.54 Å². The van der Waals surface area contributed by atoms with Gasteiger partial charge in [-0.25, -0.2) is 0 Å². The van der Waals surface area contributed by atoms with Crippen LogP contribution >= 0.6 is 0 Å². The highest BCUT2D eigenvalue weighted by Gasteiger charge is 2.32. The second kappa shape index (κ2) is 5.40. The number of pyridine rings is 1. The van der Waals surface area contributed by atoms with Crippen LogP contribution in [0.15, 0.2) is 18.5 Å². The van der Waals surface area contributed by atoms with Crippen molar-refractivity contribution in [3.05, 3.63) is 29.6 Å². The zero-order valence-corrected chi connectivity index (χ0v) is 11.9. The fourth-order valence-electron chi connectivity index (χ4n) is 3.17. The van der Waals surface area contributed by atoms with Crippen LogP contribution < -0.4 is 5.73 Å². The maximum atomic E-state index is 6.67. The van der Waals surface area contributed by atoms with E-state index in [1.807, 2.05) is 12.4 Å². The lowest BCUT2D eigenvalue weighted by atomic mass is 9.83. The molecule has 0 radical (unpaired) electrons. The number of nitrogens with zero attached hydrogens (tertiary/aromatic N) is 1. The second-order valence-corrected chi connectivity index (χ2v) is 6.34. The van der Waals surface area contributed by atoms with E-state index in [0.717, 1.165) is 24.7 Å². The third-order valence-corrected chi connectivity index (χ3v) is 4.55. The topological polar surface area (TPSA) is 38.9 Å². The van der Waals surface area contributed by atoms with Gasteiger partial charge in [0.25, 0.3) is 0 Å². The summed E-state index contributed by atoms with van der Waals surface area (Å²) in [6.45, 7) is 6.76. The Labute approximate surface area is 111 Å². The molecular weight excluding hydrogens is 220 g/mol. The van der Waals surface area contributed by atoms with Crippen molar-refractivity contribution in [2.24, 2.45) is 17.6 Å². The first-order chi connectivity index (χ1) is 8.51. The Morgan fingerprint density at radius 3 is 2.72 bits per heavy atom. The number of nitrogens with two attached hydrogens (primary N) is 1. The van der Waals surface area contributed by atoms with Crippen molar-refractivity contribution in [2.45, 2.75) is 58.4 Å². The van der Waals surface area contributed by atoms with Crippen LogP contribution in [0.1, 0.15) is 57.1 Å². The molecule has 18 heavy (non-hydrogen) atoms. The normalized spacial score (nSPS) is 29.3. The van der Waals surface area contributed by atoms with Crippen LogP contribution in [0.3, 0.4) is 0 Å². The Morgan fingerprint density at radius 1 is 1.28 bits per heavy atom. The fraction of sp³-hybridized carbons (Fsp3) is 0.688. The molecule has 1 aromatic rings. The van der Waals surface area contributed by atoms with Crippen molar-refractivity contribution in [3.63, 3.8) is 0 Å². The van der Waals surface area contributed by atoms with Gasteiger partial charge in [-0.1, -0.05) is 32.8 Å². The molecule has 0 bridgehead atoms. The minimum atomic E-state index is -0.150. The first-order valence-electron chi connectivity index (χ1n) is 7.22. The summed E-state index contributed by atoms with van der Waals surface area (Å²) >= 11 is 0. The number of aryl methyl sites for hydroxylation is 1. The molecule has 0 saturated heterocycles. The summed E-state index contributed by atoms with van der Waals surface area (Å²) in [4.78, 5) is 4.31. The molecule has 1 aliphatic carbocycles. The molecule has 1 aliphatic rings. The lowest BCUT2D eigenvalue weighted by molar-refractivity contribution is 0.325. The van der Waals surface area contributed by atoms with Gasteiger partial charge >= 0.3 is 0 Å². The summed E-state index contributed by atoms with van der Waals surface area (Å²) in [6.07, 6.45) is 9.89. The highest BCUT2D eigenvalue weighted by atomic mass is 14.8. The largest absolute Gasteiger partial charge is 0.321 e. The number of hydrogen-bond donors (Lipinski definition) is 1. The van der Waals surface area contributed by atoms with E-state index in [0.29, 0.717) is 0 Å². The van der Waals surface area contributed by atoms with E-state index in [9.17, 15) is 0 Å². The SMILES string of the molecule is Cc1cncc(C2(N)CCCC(C(C)C)CC2)c1. The lowest BCUT2D eigenvalue weighted by Gasteiger charge is -2.29. The number of aromatic nitrogens is 1. The summed E-state index contributed by atoms with van der Waals surface area (Å²) in [5, 5.41) is 0. The summed E-state index contributed by atoms with van der Waals surface area (Å²) in [7, 11) is 0. The first kappa shape index (κ1) is 13.5. The Morgan fingerprint density at radius 2 is 2.06 bits per heavy atom. The molecule has 2 nitrogen and oxygen atoms in total. The lowest BCUT2D eigenvalue weighted by Crippen LogP contribution is -2.36. The fourth-order valence-corrected chi connectivity index (χ4v) is 3.17. The van der Waals surface area contributed by atoms with E-state index in [1.165, 1.54) is 30.4 Å². The van der Waals surface area contributed by atoms with Crippen molar-refractivity contribution in [3.8, 4) is 0 Å². The van der Waals surface area contributed by atoms with Gasteiger partial charge in [-0.15, -0.1) is 0 Å². The Balaban J connectivity index is 2.16. The van der Waals surface area contributed by atoms with Crippen molar-refractivity contribution < 1.29 is 0 Å². The van der Waals surface area contributed by atoms with Gasteiger partial charge in [0.2, 0.25) is 0 Å². The molecule has 0 aliphatic heterocycles. The van der Waals surface area contributed by atoms with Crippen molar-refractivity contribution >= 4 is 0 Å². The quantitative estimate of drug-likeness (QED) is 0.807. The van der Waals surface area contributed by atoms with E-state index < -0.39 is 0 Å². The van der Waals surface area contributed by atoms with Crippen molar-refractivity contribution in [1.82, 2.24) is 4.98 Å². The zero-order valence-electron chi connectivity index (χ0n) is 11.9. The van der Waals surface area contributed by atoms with E-state index >= 15 is 0 Å². The van der Waals surface area contributed by atoms with Crippen molar-refractivity contribution in [2.75, 3.05) is 0 Å².